The first-order chi connectivity index (χ1) is 11.8. The highest BCUT2D eigenvalue weighted by Gasteiger charge is 2.48. The lowest BCUT2D eigenvalue weighted by Gasteiger charge is -2.21. The normalized spacial score (nSPS) is 23.3. The van der Waals surface area contributed by atoms with Crippen LogP contribution in [0.3, 0.4) is 0 Å². The van der Waals surface area contributed by atoms with E-state index in [2.05, 4.69) is 10.3 Å². The Morgan fingerprint density at radius 2 is 2.00 bits per heavy atom. The molecule has 0 aromatic carbocycles. The van der Waals surface area contributed by atoms with Crippen LogP contribution in [-0.4, -0.2) is 55.4 Å². The average molecular weight is 356 g/mol. The quantitative estimate of drug-likeness (QED) is 0.873. The highest BCUT2D eigenvalue weighted by atomic mass is 19.3. The van der Waals surface area contributed by atoms with Gasteiger partial charge in [0.15, 0.2) is 5.69 Å². The smallest absolute Gasteiger partial charge is 0.305 e. The molecule has 1 saturated carbocycles. The Balaban J connectivity index is 1.77. The lowest BCUT2D eigenvalue weighted by atomic mass is 10.1. The van der Waals surface area contributed by atoms with Gasteiger partial charge in [0, 0.05) is 19.0 Å². The second-order valence-electron chi connectivity index (χ2n) is 7.10. The molecule has 1 unspecified atom stereocenters. The van der Waals surface area contributed by atoms with Crippen molar-refractivity contribution in [2.24, 2.45) is 5.92 Å². The van der Waals surface area contributed by atoms with Crippen molar-refractivity contribution in [3.05, 3.63) is 11.4 Å². The fraction of sp³-hybridized carbons (Fsp3) is 0.750. The summed E-state index contributed by atoms with van der Waals surface area (Å²) in [6.45, 7) is 1.59. The zero-order valence-corrected chi connectivity index (χ0v) is 14.1. The molecule has 2 fully saturated rings. The third kappa shape index (κ3) is 3.80. The number of hydrogen-bond donors (Lipinski definition) is 1. The number of alkyl halides is 2. The van der Waals surface area contributed by atoms with Crippen LogP contribution in [0.25, 0.3) is 0 Å². The standard InChI is InChI=1S/C16H22F2N4O3/c1-10-14(19-20-22(10)8-11-4-2-3-5-11)15(25)21-9-16(17,18)7-12(21)6-13(23)24/h11-12H,2-9H2,1H3,(H,23,24). The van der Waals surface area contributed by atoms with Gasteiger partial charge in [-0.2, -0.15) is 0 Å². The van der Waals surface area contributed by atoms with Gasteiger partial charge in [-0.1, -0.05) is 18.1 Å². The SMILES string of the molecule is Cc1c(C(=O)N2CC(F)(F)CC2CC(=O)O)nnn1CC1CCCC1. The number of aromatic nitrogens is 3. The van der Waals surface area contributed by atoms with Crippen LogP contribution in [0.5, 0.6) is 0 Å². The van der Waals surface area contributed by atoms with Gasteiger partial charge in [0.25, 0.3) is 11.8 Å². The van der Waals surface area contributed by atoms with Gasteiger partial charge >= 0.3 is 5.97 Å². The number of aliphatic carboxylic acids is 1. The second kappa shape index (κ2) is 6.68. The summed E-state index contributed by atoms with van der Waals surface area (Å²) in [4.78, 5) is 24.5. The molecule has 1 aliphatic carbocycles. The zero-order chi connectivity index (χ0) is 18.2. The molecule has 0 bridgehead atoms. The van der Waals surface area contributed by atoms with Crippen molar-refractivity contribution in [1.29, 1.82) is 0 Å². The van der Waals surface area contributed by atoms with Crippen molar-refractivity contribution in [3.8, 4) is 0 Å². The lowest BCUT2D eigenvalue weighted by Crippen LogP contribution is -2.38. The van der Waals surface area contributed by atoms with E-state index in [-0.39, 0.29) is 5.69 Å². The van der Waals surface area contributed by atoms with E-state index in [0.717, 1.165) is 17.7 Å². The number of carbonyl (C=O) groups is 2. The first kappa shape index (κ1) is 17.8. The van der Waals surface area contributed by atoms with Gasteiger partial charge < -0.3 is 10.0 Å². The number of rotatable bonds is 5. The molecule has 1 amide bonds. The van der Waals surface area contributed by atoms with E-state index in [0.29, 0.717) is 18.2 Å². The number of amides is 1. The van der Waals surface area contributed by atoms with Gasteiger partial charge in [-0.05, 0) is 25.7 Å². The number of halogens is 2. The van der Waals surface area contributed by atoms with Crippen molar-refractivity contribution < 1.29 is 23.5 Å². The second-order valence-corrected chi connectivity index (χ2v) is 7.10. The van der Waals surface area contributed by atoms with E-state index in [1.165, 1.54) is 12.8 Å². The molecule has 2 heterocycles. The van der Waals surface area contributed by atoms with Gasteiger partial charge in [0.1, 0.15) is 0 Å². The van der Waals surface area contributed by atoms with Crippen LogP contribution in [-0.2, 0) is 11.3 Å². The maximum atomic E-state index is 13.7. The number of carboxylic acid groups (broad SMARTS) is 1. The molecule has 25 heavy (non-hydrogen) atoms. The van der Waals surface area contributed by atoms with Gasteiger partial charge in [-0.3, -0.25) is 9.59 Å². The topological polar surface area (TPSA) is 88.3 Å². The fourth-order valence-corrected chi connectivity index (χ4v) is 3.82. The Hall–Kier alpha value is -2.06. The largest absolute Gasteiger partial charge is 0.481 e. The molecule has 0 radical (unpaired) electrons. The van der Waals surface area contributed by atoms with E-state index in [4.69, 9.17) is 5.11 Å². The van der Waals surface area contributed by atoms with Crippen molar-refractivity contribution in [3.63, 3.8) is 0 Å². The predicted molar refractivity (Wildman–Crippen MR) is 83.4 cm³/mol. The van der Waals surface area contributed by atoms with Crippen LogP contribution in [0.2, 0.25) is 0 Å². The minimum atomic E-state index is -3.08. The minimum Gasteiger partial charge on any atom is -0.481 e. The summed E-state index contributed by atoms with van der Waals surface area (Å²) in [5.74, 6) is -4.45. The monoisotopic (exact) mass is 356 g/mol. The third-order valence-electron chi connectivity index (χ3n) is 5.14. The van der Waals surface area contributed by atoms with Crippen LogP contribution in [0.1, 0.15) is 54.7 Å². The molecule has 1 aromatic heterocycles. The summed E-state index contributed by atoms with van der Waals surface area (Å²) < 4.78 is 29.1. The van der Waals surface area contributed by atoms with E-state index in [1.54, 1.807) is 11.6 Å². The molecule has 1 N–H and O–H groups in total. The molecule has 0 spiro atoms. The van der Waals surface area contributed by atoms with Crippen molar-refractivity contribution >= 4 is 11.9 Å². The first-order valence-electron chi connectivity index (χ1n) is 8.57. The summed E-state index contributed by atoms with van der Waals surface area (Å²) >= 11 is 0. The highest BCUT2D eigenvalue weighted by Crippen LogP contribution is 2.34. The summed E-state index contributed by atoms with van der Waals surface area (Å²) in [5, 5.41) is 16.8. The molecule has 1 aromatic rings. The third-order valence-corrected chi connectivity index (χ3v) is 5.14. The maximum absolute atomic E-state index is 13.7. The summed E-state index contributed by atoms with van der Waals surface area (Å²) in [7, 11) is 0. The Labute approximate surface area is 144 Å². The zero-order valence-electron chi connectivity index (χ0n) is 14.1. The van der Waals surface area contributed by atoms with E-state index in [1.807, 2.05) is 0 Å². The van der Waals surface area contributed by atoms with Gasteiger partial charge in [-0.25, -0.2) is 13.5 Å². The van der Waals surface area contributed by atoms with Crippen LogP contribution in [0, 0.1) is 12.8 Å². The lowest BCUT2D eigenvalue weighted by molar-refractivity contribution is -0.138. The van der Waals surface area contributed by atoms with Crippen LogP contribution < -0.4 is 0 Å². The Bertz CT molecular complexity index is 670. The van der Waals surface area contributed by atoms with Crippen molar-refractivity contribution in [2.75, 3.05) is 6.54 Å². The van der Waals surface area contributed by atoms with Crippen LogP contribution >= 0.6 is 0 Å². The molecule has 3 rings (SSSR count). The fourth-order valence-electron chi connectivity index (χ4n) is 3.82. The molecule has 138 valence electrons. The summed E-state index contributed by atoms with van der Waals surface area (Å²) in [6, 6.07) is -1.03. The van der Waals surface area contributed by atoms with Gasteiger partial charge in [0.2, 0.25) is 0 Å². The highest BCUT2D eigenvalue weighted by molar-refractivity contribution is 5.94. The Kier molecular flexibility index (Phi) is 4.75. The molecule has 1 atom stereocenters. The number of carbonyl (C=O) groups excluding carboxylic acids is 1. The summed E-state index contributed by atoms with van der Waals surface area (Å²) in [5.41, 5.74) is 0.576. The number of nitrogens with zero attached hydrogens (tertiary/aromatic N) is 4. The van der Waals surface area contributed by atoms with Crippen molar-refractivity contribution in [1.82, 2.24) is 19.9 Å². The van der Waals surface area contributed by atoms with Gasteiger partial charge in [-0.15, -0.1) is 5.10 Å². The van der Waals surface area contributed by atoms with E-state index in [9.17, 15) is 18.4 Å². The minimum absolute atomic E-state index is 0.0334. The molecule has 2 aliphatic rings. The van der Waals surface area contributed by atoms with Crippen LogP contribution in [0.15, 0.2) is 0 Å². The average Bonchev–Trinajstić information content (AvgIpc) is 3.20. The molecule has 1 aliphatic heterocycles. The molecular formula is C16H22F2N4O3. The van der Waals surface area contributed by atoms with E-state index < -0.39 is 43.2 Å². The molecule has 1 saturated heterocycles. The maximum Gasteiger partial charge on any atom is 0.305 e. The van der Waals surface area contributed by atoms with Crippen molar-refractivity contribution in [2.45, 2.75) is 64.0 Å². The van der Waals surface area contributed by atoms with Gasteiger partial charge in [0.05, 0.1) is 18.7 Å². The molecule has 7 nitrogen and oxygen atoms in total. The molecule has 9 heteroatoms. The van der Waals surface area contributed by atoms with Crippen LogP contribution in [0.4, 0.5) is 8.78 Å². The Morgan fingerprint density at radius 1 is 1.32 bits per heavy atom. The predicted octanol–water partition coefficient (Wildman–Crippen LogP) is 2.10. The summed E-state index contributed by atoms with van der Waals surface area (Å²) in [6.07, 6.45) is 3.45. The first-order valence-corrected chi connectivity index (χ1v) is 8.57. The number of likely N-dealkylation sites (tertiary alicyclic amines) is 1. The Morgan fingerprint density at radius 3 is 2.64 bits per heavy atom. The number of hydrogen-bond acceptors (Lipinski definition) is 4. The molecular weight excluding hydrogens is 334 g/mol. The number of carboxylic acids is 1. The van der Waals surface area contributed by atoms with E-state index >= 15 is 0 Å².